The average Bonchev–Trinajstić information content (AvgIpc) is 2.67. The van der Waals surface area contributed by atoms with E-state index in [0.29, 0.717) is 19.4 Å². The normalized spacial score (nSPS) is 19.3. The summed E-state index contributed by atoms with van der Waals surface area (Å²) >= 11 is 0. The lowest BCUT2D eigenvalue weighted by molar-refractivity contribution is -0.187. The number of esters is 3. The van der Waals surface area contributed by atoms with Gasteiger partial charge in [0.25, 0.3) is 0 Å². The van der Waals surface area contributed by atoms with Gasteiger partial charge in [0, 0.05) is 6.42 Å². The van der Waals surface area contributed by atoms with Gasteiger partial charge in [-0.25, -0.2) is 0 Å². The molecule has 1 fully saturated rings. The molecule has 0 aromatic rings. The molecule has 2 unspecified atom stereocenters. The van der Waals surface area contributed by atoms with E-state index in [9.17, 15) is 14.4 Å². The Kier molecular flexibility index (Phi) is 10.5. The first-order valence-electron chi connectivity index (χ1n) is 11.4. The summed E-state index contributed by atoms with van der Waals surface area (Å²) < 4.78 is 21.1. The molecule has 0 spiro atoms. The predicted molar refractivity (Wildman–Crippen MR) is 117 cm³/mol. The highest BCUT2D eigenvalue weighted by molar-refractivity contribution is 5.78. The number of hydrogen-bond donors (Lipinski definition) is 0. The summed E-state index contributed by atoms with van der Waals surface area (Å²) in [6.07, 6.45) is 3.70. The lowest BCUT2D eigenvalue weighted by Crippen LogP contribution is -2.44. The van der Waals surface area contributed by atoms with Gasteiger partial charge in [-0.15, -0.1) is 0 Å². The lowest BCUT2D eigenvalue weighted by Gasteiger charge is -2.44. The zero-order valence-electron chi connectivity index (χ0n) is 20.5. The third kappa shape index (κ3) is 9.17. The Labute approximate surface area is 187 Å². The van der Waals surface area contributed by atoms with Crippen molar-refractivity contribution in [2.24, 2.45) is 16.2 Å². The second-order valence-electron chi connectivity index (χ2n) is 10.4. The Morgan fingerprint density at radius 1 is 0.903 bits per heavy atom. The molecule has 1 heterocycles. The van der Waals surface area contributed by atoms with Gasteiger partial charge in [0.15, 0.2) is 0 Å². The first-order valence-corrected chi connectivity index (χ1v) is 11.4. The standard InChI is InChI=1S/C24H42O7/c1-8-23(5,6)17-24(7,22(2,3)4)21(27)30-16-12-18(25)28-15-13-19(26)31-20-11-9-10-14-29-20/h20H,8-17H2,1-7H3. The third-order valence-electron chi connectivity index (χ3n) is 6.40. The predicted octanol–water partition coefficient (Wildman–Crippen LogP) is 4.80. The monoisotopic (exact) mass is 442 g/mol. The van der Waals surface area contributed by atoms with Crippen LogP contribution in [0.15, 0.2) is 0 Å². The lowest BCUT2D eigenvalue weighted by atomic mass is 9.60. The zero-order valence-corrected chi connectivity index (χ0v) is 20.5. The molecule has 1 rings (SSSR count). The largest absolute Gasteiger partial charge is 0.465 e. The van der Waals surface area contributed by atoms with E-state index in [0.717, 1.165) is 19.3 Å². The highest BCUT2D eigenvalue weighted by atomic mass is 16.7. The van der Waals surface area contributed by atoms with Gasteiger partial charge in [-0.2, -0.15) is 0 Å². The molecule has 180 valence electrons. The van der Waals surface area contributed by atoms with Gasteiger partial charge < -0.3 is 18.9 Å². The number of hydrogen-bond acceptors (Lipinski definition) is 7. The molecule has 31 heavy (non-hydrogen) atoms. The van der Waals surface area contributed by atoms with Gasteiger partial charge in [-0.1, -0.05) is 48.0 Å². The topological polar surface area (TPSA) is 88.1 Å². The van der Waals surface area contributed by atoms with Crippen LogP contribution in [0.3, 0.4) is 0 Å². The van der Waals surface area contributed by atoms with Crippen molar-refractivity contribution in [3.05, 3.63) is 0 Å². The summed E-state index contributed by atoms with van der Waals surface area (Å²) in [5.74, 6) is -1.27. The van der Waals surface area contributed by atoms with Gasteiger partial charge in [0.1, 0.15) is 13.2 Å². The Morgan fingerprint density at radius 3 is 2.06 bits per heavy atom. The summed E-state index contributed by atoms with van der Waals surface area (Å²) in [5.41, 5.74) is -0.974. The zero-order chi connectivity index (χ0) is 23.7. The number of ether oxygens (including phenoxy) is 4. The Balaban J connectivity index is 2.38. The Hall–Kier alpha value is -1.63. The SMILES string of the molecule is CCC(C)(C)CC(C)(C(=O)OCCC(=O)OCCC(=O)OC1CCCCO1)C(C)(C)C. The summed E-state index contributed by atoms with van der Waals surface area (Å²) in [4.78, 5) is 36.6. The molecule has 7 heteroatoms. The molecule has 0 saturated carbocycles. The maximum atomic E-state index is 12.9. The van der Waals surface area contributed by atoms with Crippen LogP contribution in [-0.4, -0.2) is 44.0 Å². The highest BCUT2D eigenvalue weighted by Crippen LogP contribution is 2.48. The van der Waals surface area contributed by atoms with Gasteiger partial charge in [-0.3, -0.25) is 14.4 Å². The van der Waals surface area contributed by atoms with E-state index in [1.165, 1.54) is 0 Å². The van der Waals surface area contributed by atoms with Crippen LogP contribution in [0.4, 0.5) is 0 Å². The maximum Gasteiger partial charge on any atom is 0.312 e. The molecule has 0 radical (unpaired) electrons. The van der Waals surface area contributed by atoms with E-state index in [-0.39, 0.29) is 42.9 Å². The quantitative estimate of drug-likeness (QED) is 0.335. The first kappa shape index (κ1) is 27.4. The minimum Gasteiger partial charge on any atom is -0.465 e. The van der Waals surface area contributed by atoms with E-state index in [1.807, 2.05) is 27.7 Å². The molecule has 0 aromatic carbocycles. The van der Waals surface area contributed by atoms with Crippen LogP contribution in [0, 0.1) is 16.2 Å². The van der Waals surface area contributed by atoms with E-state index < -0.39 is 23.6 Å². The second-order valence-corrected chi connectivity index (χ2v) is 10.4. The minimum absolute atomic E-state index is 0.00272. The number of carbonyl (C=O) groups excluding carboxylic acids is 3. The van der Waals surface area contributed by atoms with E-state index >= 15 is 0 Å². The number of carbonyl (C=O) groups is 3. The van der Waals surface area contributed by atoms with Gasteiger partial charge in [0.2, 0.25) is 6.29 Å². The highest BCUT2D eigenvalue weighted by Gasteiger charge is 2.48. The third-order valence-corrected chi connectivity index (χ3v) is 6.40. The van der Waals surface area contributed by atoms with E-state index in [2.05, 4.69) is 20.8 Å². The fourth-order valence-electron chi connectivity index (χ4n) is 3.44. The molecule has 0 aliphatic carbocycles. The second kappa shape index (κ2) is 11.8. The van der Waals surface area contributed by atoms with Crippen molar-refractivity contribution in [3.63, 3.8) is 0 Å². The van der Waals surface area contributed by atoms with Crippen LogP contribution in [0.2, 0.25) is 0 Å². The van der Waals surface area contributed by atoms with Crippen molar-refractivity contribution in [2.75, 3.05) is 19.8 Å². The molecule has 1 saturated heterocycles. The molecule has 2 atom stereocenters. The Morgan fingerprint density at radius 2 is 1.52 bits per heavy atom. The van der Waals surface area contributed by atoms with Crippen molar-refractivity contribution >= 4 is 17.9 Å². The summed E-state index contributed by atoms with van der Waals surface area (Å²) in [7, 11) is 0. The fraction of sp³-hybridized carbons (Fsp3) is 0.875. The molecule has 0 aromatic heterocycles. The first-order chi connectivity index (χ1) is 14.3. The molecule has 1 aliphatic heterocycles. The van der Waals surface area contributed by atoms with Crippen molar-refractivity contribution in [3.8, 4) is 0 Å². The van der Waals surface area contributed by atoms with Crippen LogP contribution in [-0.2, 0) is 33.3 Å². The number of rotatable bonds is 11. The van der Waals surface area contributed by atoms with Gasteiger partial charge >= 0.3 is 17.9 Å². The summed E-state index contributed by atoms with van der Waals surface area (Å²) in [6.45, 7) is 14.9. The average molecular weight is 443 g/mol. The van der Waals surface area contributed by atoms with Gasteiger partial charge in [-0.05, 0) is 37.0 Å². The molecule has 7 nitrogen and oxygen atoms in total. The summed E-state index contributed by atoms with van der Waals surface area (Å²) in [5, 5.41) is 0. The van der Waals surface area contributed by atoms with Crippen molar-refractivity contribution in [2.45, 2.75) is 99.7 Å². The maximum absolute atomic E-state index is 12.9. The van der Waals surface area contributed by atoms with Crippen LogP contribution in [0.1, 0.15) is 93.4 Å². The van der Waals surface area contributed by atoms with E-state index in [1.54, 1.807) is 0 Å². The minimum atomic E-state index is -0.679. The van der Waals surface area contributed by atoms with Crippen LogP contribution >= 0.6 is 0 Å². The van der Waals surface area contributed by atoms with Crippen molar-refractivity contribution in [1.29, 1.82) is 0 Å². The molecule has 1 aliphatic rings. The molecule has 0 bridgehead atoms. The molecular weight excluding hydrogens is 400 g/mol. The van der Waals surface area contributed by atoms with Crippen LogP contribution < -0.4 is 0 Å². The van der Waals surface area contributed by atoms with Crippen LogP contribution in [0.25, 0.3) is 0 Å². The van der Waals surface area contributed by atoms with E-state index in [4.69, 9.17) is 18.9 Å². The molecule has 0 amide bonds. The van der Waals surface area contributed by atoms with Crippen LogP contribution in [0.5, 0.6) is 0 Å². The Bertz CT molecular complexity index is 600. The van der Waals surface area contributed by atoms with Crippen molar-refractivity contribution in [1.82, 2.24) is 0 Å². The molecular formula is C24H42O7. The van der Waals surface area contributed by atoms with Gasteiger partial charge in [0.05, 0.1) is 24.9 Å². The smallest absolute Gasteiger partial charge is 0.312 e. The molecule has 0 N–H and O–H groups in total. The van der Waals surface area contributed by atoms with Crippen molar-refractivity contribution < 1.29 is 33.3 Å². The summed E-state index contributed by atoms with van der Waals surface area (Å²) in [6, 6.07) is 0. The fourth-order valence-corrected chi connectivity index (χ4v) is 3.44.